The highest BCUT2D eigenvalue weighted by atomic mass is 16.5. The fourth-order valence-electron chi connectivity index (χ4n) is 3.20. The maximum Gasteiger partial charge on any atom is 0.253 e. The molecule has 25 heavy (non-hydrogen) atoms. The van der Waals surface area contributed by atoms with Gasteiger partial charge in [0, 0.05) is 45.7 Å². The lowest BCUT2D eigenvalue weighted by atomic mass is 10.1. The summed E-state index contributed by atoms with van der Waals surface area (Å²) in [6.07, 6.45) is 4.29. The molecule has 0 saturated carbocycles. The molecule has 6 heteroatoms. The summed E-state index contributed by atoms with van der Waals surface area (Å²) in [6.45, 7) is 4.63. The third-order valence-corrected chi connectivity index (χ3v) is 4.52. The molecule has 0 bridgehead atoms. The number of ether oxygens (including phenoxy) is 2. The van der Waals surface area contributed by atoms with Crippen LogP contribution in [0.3, 0.4) is 0 Å². The molecule has 2 heterocycles. The molecule has 0 unspecified atom stereocenters. The van der Waals surface area contributed by atoms with Crippen LogP contribution >= 0.6 is 0 Å². The third-order valence-electron chi connectivity index (χ3n) is 4.52. The predicted octanol–water partition coefficient (Wildman–Crippen LogP) is 2.04. The van der Waals surface area contributed by atoms with Crippen LogP contribution in [0.5, 0.6) is 0 Å². The summed E-state index contributed by atoms with van der Waals surface area (Å²) in [7, 11) is 3.25. The van der Waals surface area contributed by atoms with E-state index in [1.54, 1.807) is 14.2 Å². The number of carbonyl (C=O) groups is 1. The molecule has 0 radical (unpaired) electrons. The summed E-state index contributed by atoms with van der Waals surface area (Å²) >= 11 is 0. The number of rotatable bonds is 4. The zero-order chi connectivity index (χ0) is 18.1. The van der Waals surface area contributed by atoms with Crippen molar-refractivity contribution in [1.82, 2.24) is 10.2 Å². The Bertz CT molecular complexity index is 539. The maximum absolute atomic E-state index is 12.5. The van der Waals surface area contributed by atoms with Gasteiger partial charge in [-0.25, -0.2) is 0 Å². The van der Waals surface area contributed by atoms with Gasteiger partial charge in [0.15, 0.2) is 0 Å². The molecule has 0 atom stereocenters. The lowest BCUT2D eigenvalue weighted by Gasteiger charge is -2.23. The smallest absolute Gasteiger partial charge is 0.253 e. The van der Waals surface area contributed by atoms with Crippen molar-refractivity contribution in [3.05, 3.63) is 29.3 Å². The summed E-state index contributed by atoms with van der Waals surface area (Å²) in [5.41, 5.74) is 8.32. The summed E-state index contributed by atoms with van der Waals surface area (Å²) < 4.78 is 9.57. The van der Waals surface area contributed by atoms with Gasteiger partial charge in [-0.05, 0) is 56.5 Å². The van der Waals surface area contributed by atoms with E-state index in [-0.39, 0.29) is 11.9 Å². The van der Waals surface area contributed by atoms with Crippen LogP contribution in [-0.2, 0) is 16.0 Å². The zero-order valence-electron chi connectivity index (χ0n) is 15.4. The highest BCUT2D eigenvalue weighted by molar-refractivity contribution is 5.99. The van der Waals surface area contributed by atoms with Gasteiger partial charge in [-0.15, -0.1) is 0 Å². The average molecular weight is 349 g/mol. The number of carbonyl (C=O) groups excluding carboxylic acids is 1. The van der Waals surface area contributed by atoms with Crippen molar-refractivity contribution in [2.75, 3.05) is 46.3 Å². The average Bonchev–Trinajstić information content (AvgIpc) is 3.11. The van der Waals surface area contributed by atoms with Gasteiger partial charge in [-0.1, -0.05) is 6.07 Å². The van der Waals surface area contributed by atoms with Gasteiger partial charge < -0.3 is 20.5 Å². The molecule has 6 nitrogen and oxygen atoms in total. The number of amides is 1. The van der Waals surface area contributed by atoms with Crippen molar-refractivity contribution in [3.8, 4) is 0 Å². The van der Waals surface area contributed by atoms with Crippen LogP contribution in [0.2, 0.25) is 0 Å². The van der Waals surface area contributed by atoms with E-state index < -0.39 is 0 Å². The van der Waals surface area contributed by atoms with Crippen molar-refractivity contribution in [2.45, 2.75) is 38.3 Å². The minimum Gasteiger partial charge on any atom is -0.398 e. The molecule has 1 aromatic carbocycles. The number of nitrogens with one attached hydrogen (secondary N) is 1. The number of hydrogen-bond donors (Lipinski definition) is 2. The standard InChI is InChI=1S/C17H25N3O2.C2H6O/c18-16-4-3-13(12-20-7-1-2-8-20)11-15(16)17(21)19-14-5-9-22-10-6-14;1-3-2/h3-4,11,14H,1-2,5-10,12,18H2,(H,19,21);1-2H3. The second kappa shape index (κ2) is 10.4. The van der Waals surface area contributed by atoms with Crippen LogP contribution in [0, 0.1) is 0 Å². The fourth-order valence-corrected chi connectivity index (χ4v) is 3.20. The summed E-state index contributed by atoms with van der Waals surface area (Å²) in [5.74, 6) is -0.0623. The molecule has 140 valence electrons. The van der Waals surface area contributed by atoms with Crippen molar-refractivity contribution < 1.29 is 14.3 Å². The van der Waals surface area contributed by atoms with Gasteiger partial charge in [0.1, 0.15) is 0 Å². The Labute approximate surface area is 150 Å². The Hall–Kier alpha value is -1.63. The molecule has 0 aromatic heterocycles. The Morgan fingerprint density at radius 1 is 1.28 bits per heavy atom. The molecule has 2 aliphatic rings. The molecule has 2 fully saturated rings. The van der Waals surface area contributed by atoms with E-state index in [0.29, 0.717) is 11.3 Å². The summed E-state index contributed by atoms with van der Waals surface area (Å²) in [6, 6.07) is 6.02. The van der Waals surface area contributed by atoms with Crippen molar-refractivity contribution >= 4 is 11.6 Å². The van der Waals surface area contributed by atoms with Gasteiger partial charge in [-0.3, -0.25) is 9.69 Å². The number of likely N-dealkylation sites (tertiary alicyclic amines) is 1. The number of nitrogens with zero attached hydrogens (tertiary/aromatic N) is 1. The molecule has 3 N–H and O–H groups in total. The van der Waals surface area contributed by atoms with E-state index in [4.69, 9.17) is 10.5 Å². The van der Waals surface area contributed by atoms with Crippen LogP contribution in [0.25, 0.3) is 0 Å². The molecule has 3 rings (SSSR count). The van der Waals surface area contributed by atoms with Crippen LogP contribution in [0.1, 0.15) is 41.6 Å². The van der Waals surface area contributed by atoms with E-state index >= 15 is 0 Å². The highest BCUT2D eigenvalue weighted by Crippen LogP contribution is 2.19. The number of benzene rings is 1. The number of hydrogen-bond acceptors (Lipinski definition) is 5. The van der Waals surface area contributed by atoms with Gasteiger partial charge in [0.05, 0.1) is 5.56 Å². The molecule has 0 aliphatic carbocycles. The van der Waals surface area contributed by atoms with E-state index in [0.717, 1.165) is 51.3 Å². The predicted molar refractivity (Wildman–Crippen MR) is 99.6 cm³/mol. The summed E-state index contributed by atoms with van der Waals surface area (Å²) in [4.78, 5) is 14.9. The summed E-state index contributed by atoms with van der Waals surface area (Å²) in [5, 5.41) is 3.08. The van der Waals surface area contributed by atoms with Crippen LogP contribution in [0.4, 0.5) is 5.69 Å². The number of nitrogen functional groups attached to an aromatic ring is 1. The lowest BCUT2D eigenvalue weighted by molar-refractivity contribution is 0.0697. The first kappa shape index (κ1) is 19.7. The van der Waals surface area contributed by atoms with Crippen molar-refractivity contribution in [1.29, 1.82) is 0 Å². The Morgan fingerprint density at radius 3 is 2.56 bits per heavy atom. The van der Waals surface area contributed by atoms with E-state index in [2.05, 4.69) is 15.0 Å². The third kappa shape index (κ3) is 6.30. The number of anilines is 1. The monoisotopic (exact) mass is 349 g/mol. The molecule has 2 saturated heterocycles. The second-order valence-electron chi connectivity index (χ2n) is 6.67. The molecular weight excluding hydrogens is 318 g/mol. The largest absolute Gasteiger partial charge is 0.398 e. The molecule has 2 aliphatic heterocycles. The van der Waals surface area contributed by atoms with E-state index in [1.807, 2.05) is 18.2 Å². The zero-order valence-corrected chi connectivity index (χ0v) is 15.4. The second-order valence-corrected chi connectivity index (χ2v) is 6.67. The molecule has 1 aromatic rings. The van der Waals surface area contributed by atoms with E-state index in [1.165, 1.54) is 12.8 Å². The molecular formula is C19H31N3O3. The van der Waals surface area contributed by atoms with Gasteiger partial charge in [-0.2, -0.15) is 0 Å². The van der Waals surface area contributed by atoms with Crippen LogP contribution in [0.15, 0.2) is 18.2 Å². The first-order chi connectivity index (χ1) is 12.1. The Kier molecular flexibility index (Phi) is 8.18. The van der Waals surface area contributed by atoms with Crippen LogP contribution < -0.4 is 11.1 Å². The Balaban J connectivity index is 0.000000701. The fraction of sp³-hybridized carbons (Fsp3) is 0.632. The normalized spacial score (nSPS) is 18.5. The first-order valence-electron chi connectivity index (χ1n) is 9.03. The number of methoxy groups -OCH3 is 1. The van der Waals surface area contributed by atoms with Gasteiger partial charge in [0.2, 0.25) is 0 Å². The minimum absolute atomic E-state index is 0.0623. The van der Waals surface area contributed by atoms with Gasteiger partial charge >= 0.3 is 0 Å². The first-order valence-corrected chi connectivity index (χ1v) is 9.03. The SMILES string of the molecule is COC.Nc1ccc(CN2CCCC2)cc1C(=O)NC1CCOCC1. The highest BCUT2D eigenvalue weighted by Gasteiger charge is 2.19. The number of nitrogens with two attached hydrogens (primary N) is 1. The van der Waals surface area contributed by atoms with Crippen LogP contribution in [-0.4, -0.2) is 57.4 Å². The molecule has 1 amide bonds. The Morgan fingerprint density at radius 2 is 1.92 bits per heavy atom. The lowest BCUT2D eigenvalue weighted by Crippen LogP contribution is -2.39. The molecule has 0 spiro atoms. The quantitative estimate of drug-likeness (QED) is 0.814. The van der Waals surface area contributed by atoms with Gasteiger partial charge in [0.25, 0.3) is 5.91 Å². The maximum atomic E-state index is 12.5. The van der Waals surface area contributed by atoms with E-state index in [9.17, 15) is 4.79 Å². The van der Waals surface area contributed by atoms with Crippen molar-refractivity contribution in [2.24, 2.45) is 0 Å². The minimum atomic E-state index is -0.0623. The van der Waals surface area contributed by atoms with Crippen molar-refractivity contribution in [3.63, 3.8) is 0 Å². The topological polar surface area (TPSA) is 76.8 Å².